The van der Waals surface area contributed by atoms with E-state index in [1.165, 1.54) is 6.26 Å². The molecule has 4 rings (SSSR count). The standard InChI is InChI=1S/C28H27NO3S2/c1-28(2,34(4,31)32)23-17-22-9-6-14-29-27(22)25(18-23)21-8-5-7-19(15-21)16-26(30)20-10-12-24(33-3)13-11-20/h5-15,17-18H,16H2,1-4H3. The monoisotopic (exact) mass is 489 g/mol. The molecule has 0 saturated heterocycles. The van der Waals surface area contributed by atoms with E-state index in [2.05, 4.69) is 4.98 Å². The molecular formula is C28H27NO3S2. The number of nitrogens with zero attached hydrogens (tertiary/aromatic N) is 1. The van der Waals surface area contributed by atoms with Crippen molar-refractivity contribution >= 4 is 38.3 Å². The van der Waals surface area contributed by atoms with Crippen molar-refractivity contribution in [2.24, 2.45) is 0 Å². The van der Waals surface area contributed by atoms with E-state index in [1.807, 2.05) is 79.1 Å². The number of hydrogen-bond donors (Lipinski definition) is 0. The zero-order valence-electron chi connectivity index (χ0n) is 19.7. The largest absolute Gasteiger partial charge is 0.294 e. The first-order chi connectivity index (χ1) is 16.1. The van der Waals surface area contributed by atoms with Crippen LogP contribution in [0.4, 0.5) is 0 Å². The quantitative estimate of drug-likeness (QED) is 0.224. The van der Waals surface area contributed by atoms with Crippen LogP contribution >= 0.6 is 11.8 Å². The third kappa shape index (κ3) is 4.79. The lowest BCUT2D eigenvalue weighted by atomic mass is 9.92. The number of ketones is 1. The smallest absolute Gasteiger partial charge is 0.167 e. The second-order valence-corrected chi connectivity index (χ2v) is 12.4. The zero-order chi connectivity index (χ0) is 24.5. The number of hydrogen-bond acceptors (Lipinski definition) is 5. The van der Waals surface area contributed by atoms with Crippen LogP contribution in [0.5, 0.6) is 0 Å². The average molecular weight is 490 g/mol. The van der Waals surface area contributed by atoms with Gasteiger partial charge in [0.05, 0.1) is 10.3 Å². The molecular weight excluding hydrogens is 462 g/mol. The van der Waals surface area contributed by atoms with Crippen molar-refractivity contribution in [2.75, 3.05) is 12.5 Å². The van der Waals surface area contributed by atoms with E-state index in [1.54, 1.807) is 31.8 Å². The maximum absolute atomic E-state index is 12.9. The molecule has 4 aromatic rings. The Hall–Kier alpha value is -2.96. The maximum Gasteiger partial charge on any atom is 0.167 e. The van der Waals surface area contributed by atoms with Crippen LogP contribution in [0, 0.1) is 0 Å². The van der Waals surface area contributed by atoms with Crippen molar-refractivity contribution in [3.05, 3.63) is 95.7 Å². The molecule has 3 aromatic carbocycles. The third-order valence-electron chi connectivity index (χ3n) is 6.34. The number of thioether (sulfide) groups is 1. The van der Waals surface area contributed by atoms with Gasteiger partial charge in [0.25, 0.3) is 0 Å². The minimum atomic E-state index is -3.35. The van der Waals surface area contributed by atoms with Gasteiger partial charge in [-0.2, -0.15) is 0 Å². The fraction of sp³-hybridized carbons (Fsp3) is 0.214. The van der Waals surface area contributed by atoms with E-state index in [-0.39, 0.29) is 12.2 Å². The van der Waals surface area contributed by atoms with Gasteiger partial charge in [-0.25, -0.2) is 8.42 Å². The molecule has 0 atom stereocenters. The van der Waals surface area contributed by atoms with Gasteiger partial charge in [0, 0.05) is 40.3 Å². The summed E-state index contributed by atoms with van der Waals surface area (Å²) in [5.41, 5.74) is 4.84. The second kappa shape index (κ2) is 9.35. The Labute approximate surface area is 205 Å². The predicted molar refractivity (Wildman–Crippen MR) is 141 cm³/mol. The number of carbonyl (C=O) groups is 1. The number of pyridine rings is 1. The first-order valence-corrected chi connectivity index (χ1v) is 14.1. The summed E-state index contributed by atoms with van der Waals surface area (Å²) in [6.45, 7) is 3.45. The third-order valence-corrected chi connectivity index (χ3v) is 9.17. The van der Waals surface area contributed by atoms with Gasteiger partial charge in [-0.3, -0.25) is 9.78 Å². The van der Waals surface area contributed by atoms with Crippen molar-refractivity contribution in [1.29, 1.82) is 0 Å². The highest BCUT2D eigenvalue weighted by Gasteiger charge is 2.33. The molecule has 174 valence electrons. The summed E-state index contributed by atoms with van der Waals surface area (Å²) in [7, 11) is -3.35. The number of benzene rings is 3. The van der Waals surface area contributed by atoms with E-state index < -0.39 is 14.6 Å². The molecule has 1 heterocycles. The minimum Gasteiger partial charge on any atom is -0.294 e. The predicted octanol–water partition coefficient (Wildman–Crippen LogP) is 6.33. The molecule has 6 heteroatoms. The van der Waals surface area contributed by atoms with E-state index >= 15 is 0 Å². The molecule has 0 spiro atoms. The Balaban J connectivity index is 1.76. The Morgan fingerprint density at radius 3 is 2.38 bits per heavy atom. The molecule has 0 N–H and O–H groups in total. The number of rotatable bonds is 7. The van der Waals surface area contributed by atoms with Crippen LogP contribution < -0.4 is 0 Å². The Bertz CT molecular complexity index is 1470. The molecule has 34 heavy (non-hydrogen) atoms. The molecule has 0 aliphatic heterocycles. The molecule has 4 nitrogen and oxygen atoms in total. The summed E-state index contributed by atoms with van der Waals surface area (Å²) in [5.74, 6) is 0.0553. The molecule has 0 saturated carbocycles. The normalized spacial score (nSPS) is 12.1. The van der Waals surface area contributed by atoms with Gasteiger partial charge in [0.2, 0.25) is 0 Å². The van der Waals surface area contributed by atoms with Crippen LogP contribution in [0.3, 0.4) is 0 Å². The summed E-state index contributed by atoms with van der Waals surface area (Å²) in [5, 5.41) is 0.877. The van der Waals surface area contributed by atoms with Gasteiger partial charge < -0.3 is 0 Å². The van der Waals surface area contributed by atoms with Crippen molar-refractivity contribution in [1.82, 2.24) is 4.98 Å². The van der Waals surface area contributed by atoms with Gasteiger partial charge in [0.1, 0.15) is 0 Å². The molecule has 1 aromatic heterocycles. The van der Waals surface area contributed by atoms with Gasteiger partial charge in [-0.15, -0.1) is 11.8 Å². The van der Waals surface area contributed by atoms with Crippen LogP contribution in [0.15, 0.2) is 83.9 Å². The molecule has 0 bridgehead atoms. The summed E-state index contributed by atoms with van der Waals surface area (Å²) >= 11 is 1.64. The van der Waals surface area contributed by atoms with Gasteiger partial charge in [-0.1, -0.05) is 42.5 Å². The van der Waals surface area contributed by atoms with Crippen molar-refractivity contribution < 1.29 is 13.2 Å². The number of carbonyl (C=O) groups excluding carboxylic acids is 1. The van der Waals surface area contributed by atoms with Crippen LogP contribution in [0.25, 0.3) is 22.0 Å². The summed E-state index contributed by atoms with van der Waals surface area (Å²) in [6, 6.07) is 23.1. The van der Waals surface area contributed by atoms with E-state index in [0.29, 0.717) is 11.1 Å². The van der Waals surface area contributed by atoms with Crippen LogP contribution in [0.2, 0.25) is 0 Å². The summed E-state index contributed by atoms with van der Waals surface area (Å²) < 4.78 is 24.0. The molecule has 0 fully saturated rings. The van der Waals surface area contributed by atoms with E-state index in [4.69, 9.17) is 0 Å². The lowest BCUT2D eigenvalue weighted by Crippen LogP contribution is -2.28. The topological polar surface area (TPSA) is 64.1 Å². The fourth-order valence-corrected chi connectivity index (χ4v) is 4.84. The van der Waals surface area contributed by atoms with Gasteiger partial charge in [0.15, 0.2) is 15.6 Å². The zero-order valence-corrected chi connectivity index (χ0v) is 21.3. The summed E-state index contributed by atoms with van der Waals surface area (Å²) in [6.07, 6.45) is 5.29. The fourth-order valence-electron chi connectivity index (χ4n) is 3.89. The SMILES string of the molecule is CSc1ccc(C(=O)Cc2cccc(-c3cc(C(C)(C)S(C)(=O)=O)cc4cccnc34)c2)cc1. The number of sulfone groups is 1. The molecule has 0 radical (unpaired) electrons. The molecule has 0 amide bonds. The second-order valence-electron chi connectivity index (χ2n) is 8.91. The lowest BCUT2D eigenvalue weighted by molar-refractivity contribution is 0.0993. The lowest BCUT2D eigenvalue weighted by Gasteiger charge is -2.24. The van der Waals surface area contributed by atoms with E-state index in [9.17, 15) is 13.2 Å². The Kier molecular flexibility index (Phi) is 6.65. The van der Waals surface area contributed by atoms with Crippen molar-refractivity contribution in [3.8, 4) is 11.1 Å². The average Bonchev–Trinajstić information content (AvgIpc) is 2.82. The highest BCUT2D eigenvalue weighted by atomic mass is 32.2. The maximum atomic E-state index is 12.9. The highest BCUT2D eigenvalue weighted by molar-refractivity contribution is 7.98. The first-order valence-electron chi connectivity index (χ1n) is 11.0. The van der Waals surface area contributed by atoms with Crippen molar-refractivity contribution in [2.45, 2.75) is 29.9 Å². The Morgan fingerprint density at radius 2 is 1.71 bits per heavy atom. The summed E-state index contributed by atoms with van der Waals surface area (Å²) in [4.78, 5) is 18.6. The van der Waals surface area contributed by atoms with Crippen molar-refractivity contribution in [3.63, 3.8) is 0 Å². The van der Waals surface area contributed by atoms with Crippen LogP contribution in [-0.2, 0) is 21.0 Å². The minimum absolute atomic E-state index is 0.0553. The number of Topliss-reactive ketones (excluding diaryl/α,β-unsaturated/α-hetero) is 1. The van der Waals surface area contributed by atoms with Gasteiger partial charge >= 0.3 is 0 Å². The Morgan fingerprint density at radius 1 is 0.971 bits per heavy atom. The number of fused-ring (bicyclic) bond motifs is 1. The molecule has 0 aliphatic carbocycles. The highest BCUT2D eigenvalue weighted by Crippen LogP contribution is 2.36. The molecule has 0 aliphatic rings. The van der Waals surface area contributed by atoms with Gasteiger partial charge in [-0.05, 0) is 67.1 Å². The molecule has 0 unspecified atom stereocenters. The van der Waals surface area contributed by atoms with Crippen LogP contribution in [-0.4, -0.2) is 31.7 Å². The first kappa shape index (κ1) is 24.2. The van der Waals surface area contributed by atoms with E-state index in [0.717, 1.165) is 32.5 Å². The van der Waals surface area contributed by atoms with Crippen LogP contribution in [0.1, 0.15) is 35.3 Å². The number of aromatic nitrogens is 1.